The Morgan fingerprint density at radius 1 is 1.20 bits per heavy atom. The zero-order chi connectivity index (χ0) is 14.4. The van der Waals surface area contributed by atoms with Gasteiger partial charge in [0.15, 0.2) is 11.5 Å². The van der Waals surface area contributed by atoms with E-state index in [9.17, 15) is 0 Å². The SMILES string of the molecule is CC(C)CSCC(NN)c1ccc2c(c1)OCCCO2. The Hall–Kier alpha value is -0.910. The molecule has 0 radical (unpaired) electrons. The van der Waals surface area contributed by atoms with Gasteiger partial charge in [0.1, 0.15) is 0 Å². The molecule has 1 unspecified atom stereocenters. The minimum absolute atomic E-state index is 0.135. The Labute approximate surface area is 125 Å². The second-order valence-corrected chi connectivity index (χ2v) is 6.48. The van der Waals surface area contributed by atoms with E-state index in [1.54, 1.807) is 0 Å². The molecule has 0 saturated carbocycles. The summed E-state index contributed by atoms with van der Waals surface area (Å²) in [6.07, 6.45) is 0.923. The van der Waals surface area contributed by atoms with Gasteiger partial charge in [-0.2, -0.15) is 11.8 Å². The average molecular weight is 296 g/mol. The largest absolute Gasteiger partial charge is 0.490 e. The first-order valence-corrected chi connectivity index (χ1v) is 8.29. The van der Waals surface area contributed by atoms with Crippen molar-refractivity contribution < 1.29 is 9.47 Å². The van der Waals surface area contributed by atoms with Crippen LogP contribution in [0.3, 0.4) is 0 Å². The van der Waals surface area contributed by atoms with Crippen LogP contribution < -0.4 is 20.7 Å². The van der Waals surface area contributed by atoms with Crippen LogP contribution in [0, 0.1) is 5.92 Å². The van der Waals surface area contributed by atoms with Gasteiger partial charge in [-0.3, -0.25) is 11.3 Å². The van der Waals surface area contributed by atoms with Crippen LogP contribution in [-0.4, -0.2) is 24.7 Å². The fraction of sp³-hybridized carbons (Fsp3) is 0.600. The molecule has 1 aromatic carbocycles. The molecule has 20 heavy (non-hydrogen) atoms. The predicted octanol–water partition coefficient (Wildman–Crippen LogP) is 2.74. The minimum atomic E-state index is 0.135. The van der Waals surface area contributed by atoms with Crippen LogP contribution in [0.25, 0.3) is 0 Å². The van der Waals surface area contributed by atoms with E-state index in [-0.39, 0.29) is 6.04 Å². The van der Waals surface area contributed by atoms with Crippen molar-refractivity contribution in [2.24, 2.45) is 11.8 Å². The number of hydrogen-bond acceptors (Lipinski definition) is 5. The van der Waals surface area contributed by atoms with Crippen molar-refractivity contribution in [3.63, 3.8) is 0 Å². The van der Waals surface area contributed by atoms with Gasteiger partial charge in [-0.05, 0) is 29.4 Å². The van der Waals surface area contributed by atoms with E-state index in [4.69, 9.17) is 15.3 Å². The number of nitrogens with one attached hydrogen (secondary N) is 1. The van der Waals surface area contributed by atoms with E-state index < -0.39 is 0 Å². The van der Waals surface area contributed by atoms with Crippen molar-refractivity contribution in [1.82, 2.24) is 5.43 Å². The molecule has 0 bridgehead atoms. The van der Waals surface area contributed by atoms with E-state index in [2.05, 4.69) is 25.3 Å². The first-order chi connectivity index (χ1) is 9.70. The summed E-state index contributed by atoms with van der Waals surface area (Å²) in [6.45, 7) is 5.88. The zero-order valence-corrected chi connectivity index (χ0v) is 13.0. The van der Waals surface area contributed by atoms with Crippen molar-refractivity contribution in [3.05, 3.63) is 23.8 Å². The molecule has 1 atom stereocenters. The fourth-order valence-corrected chi connectivity index (χ4v) is 3.19. The van der Waals surface area contributed by atoms with Gasteiger partial charge in [-0.1, -0.05) is 19.9 Å². The van der Waals surface area contributed by atoms with Crippen LogP contribution in [0.4, 0.5) is 0 Å². The zero-order valence-electron chi connectivity index (χ0n) is 12.2. The summed E-state index contributed by atoms with van der Waals surface area (Å²) in [7, 11) is 0. The second kappa shape index (κ2) is 7.76. The Morgan fingerprint density at radius 3 is 2.65 bits per heavy atom. The van der Waals surface area contributed by atoms with Crippen molar-refractivity contribution in [1.29, 1.82) is 0 Å². The molecule has 1 heterocycles. The van der Waals surface area contributed by atoms with E-state index in [1.165, 1.54) is 0 Å². The number of ether oxygens (including phenoxy) is 2. The third kappa shape index (κ3) is 4.30. The molecule has 0 spiro atoms. The molecule has 2 rings (SSSR count). The highest BCUT2D eigenvalue weighted by Crippen LogP contribution is 2.33. The van der Waals surface area contributed by atoms with E-state index in [1.807, 2.05) is 23.9 Å². The summed E-state index contributed by atoms with van der Waals surface area (Å²) in [6, 6.07) is 6.22. The molecule has 1 aliphatic rings. The normalized spacial score (nSPS) is 16.0. The summed E-state index contributed by atoms with van der Waals surface area (Å²) < 4.78 is 11.4. The molecule has 0 amide bonds. The molecule has 0 saturated heterocycles. The molecule has 112 valence electrons. The number of rotatable bonds is 6. The molecule has 0 fully saturated rings. The first kappa shape index (κ1) is 15.5. The molecule has 0 aromatic heterocycles. The van der Waals surface area contributed by atoms with Crippen molar-refractivity contribution in [3.8, 4) is 11.5 Å². The Bertz CT molecular complexity index is 426. The molecule has 4 nitrogen and oxygen atoms in total. The lowest BCUT2D eigenvalue weighted by Gasteiger charge is -2.18. The van der Waals surface area contributed by atoms with Crippen LogP contribution in [0.2, 0.25) is 0 Å². The Balaban J connectivity index is 2.04. The lowest BCUT2D eigenvalue weighted by atomic mass is 10.1. The monoisotopic (exact) mass is 296 g/mol. The second-order valence-electron chi connectivity index (χ2n) is 5.41. The third-order valence-corrected chi connectivity index (χ3v) is 4.58. The molecule has 1 aliphatic heterocycles. The summed E-state index contributed by atoms with van der Waals surface area (Å²) in [5.74, 6) is 10.1. The van der Waals surface area contributed by atoms with Crippen molar-refractivity contribution in [2.45, 2.75) is 26.3 Å². The van der Waals surface area contributed by atoms with Gasteiger partial charge in [0.25, 0.3) is 0 Å². The van der Waals surface area contributed by atoms with Gasteiger partial charge >= 0.3 is 0 Å². The highest BCUT2D eigenvalue weighted by Gasteiger charge is 2.15. The number of benzene rings is 1. The Morgan fingerprint density at radius 2 is 1.95 bits per heavy atom. The maximum atomic E-state index is 5.73. The maximum absolute atomic E-state index is 5.73. The average Bonchev–Trinajstić information content (AvgIpc) is 2.67. The fourth-order valence-electron chi connectivity index (χ4n) is 2.06. The van der Waals surface area contributed by atoms with E-state index in [0.717, 1.165) is 41.6 Å². The quantitative estimate of drug-likeness (QED) is 0.624. The van der Waals surface area contributed by atoms with Crippen LogP contribution in [-0.2, 0) is 0 Å². The van der Waals surface area contributed by atoms with Gasteiger partial charge in [0.05, 0.1) is 19.3 Å². The minimum Gasteiger partial charge on any atom is -0.490 e. The van der Waals surface area contributed by atoms with Gasteiger partial charge in [0, 0.05) is 12.2 Å². The molecular weight excluding hydrogens is 272 g/mol. The lowest BCUT2D eigenvalue weighted by molar-refractivity contribution is 0.297. The van der Waals surface area contributed by atoms with E-state index in [0.29, 0.717) is 12.5 Å². The van der Waals surface area contributed by atoms with Crippen LogP contribution in [0.1, 0.15) is 31.9 Å². The van der Waals surface area contributed by atoms with Crippen LogP contribution in [0.5, 0.6) is 11.5 Å². The smallest absolute Gasteiger partial charge is 0.161 e. The number of fused-ring (bicyclic) bond motifs is 1. The number of hydrazine groups is 1. The van der Waals surface area contributed by atoms with Crippen LogP contribution >= 0.6 is 11.8 Å². The molecule has 0 aliphatic carbocycles. The lowest BCUT2D eigenvalue weighted by Crippen LogP contribution is -2.29. The summed E-state index contributed by atoms with van der Waals surface area (Å²) in [4.78, 5) is 0. The number of thioether (sulfide) groups is 1. The van der Waals surface area contributed by atoms with Crippen LogP contribution in [0.15, 0.2) is 18.2 Å². The summed E-state index contributed by atoms with van der Waals surface area (Å²) in [5, 5.41) is 0. The molecular formula is C15H24N2O2S. The summed E-state index contributed by atoms with van der Waals surface area (Å²) >= 11 is 1.92. The maximum Gasteiger partial charge on any atom is 0.161 e. The third-order valence-electron chi connectivity index (χ3n) is 3.11. The highest BCUT2D eigenvalue weighted by molar-refractivity contribution is 7.99. The predicted molar refractivity (Wildman–Crippen MR) is 84.3 cm³/mol. The highest BCUT2D eigenvalue weighted by atomic mass is 32.2. The standard InChI is InChI=1S/C15H24N2O2S/c1-11(2)9-20-10-13(17-16)12-4-5-14-15(8-12)19-7-3-6-18-14/h4-5,8,11,13,17H,3,6-7,9-10,16H2,1-2H3. The van der Waals surface area contributed by atoms with Crippen molar-refractivity contribution >= 4 is 11.8 Å². The Kier molecular flexibility index (Phi) is 6.01. The van der Waals surface area contributed by atoms with Crippen molar-refractivity contribution in [2.75, 3.05) is 24.7 Å². The molecule has 5 heteroatoms. The van der Waals surface area contributed by atoms with Gasteiger partial charge < -0.3 is 9.47 Å². The van der Waals surface area contributed by atoms with Gasteiger partial charge in [-0.15, -0.1) is 0 Å². The van der Waals surface area contributed by atoms with Gasteiger partial charge in [0.2, 0.25) is 0 Å². The topological polar surface area (TPSA) is 56.5 Å². The van der Waals surface area contributed by atoms with Gasteiger partial charge in [-0.25, -0.2) is 0 Å². The summed E-state index contributed by atoms with van der Waals surface area (Å²) in [5.41, 5.74) is 4.04. The molecule has 3 N–H and O–H groups in total. The number of nitrogens with two attached hydrogens (primary N) is 1. The van der Waals surface area contributed by atoms with E-state index >= 15 is 0 Å². The first-order valence-electron chi connectivity index (χ1n) is 7.14. The molecule has 1 aromatic rings. The number of hydrogen-bond donors (Lipinski definition) is 2.